The smallest absolute Gasteiger partial charge is 0.0859 e. The van der Waals surface area contributed by atoms with Gasteiger partial charge in [-0.2, -0.15) is 0 Å². The molecule has 0 amide bonds. The maximum atomic E-state index is 2.49. The van der Waals surface area contributed by atoms with Crippen LogP contribution in [-0.4, -0.2) is 30.7 Å². The van der Waals surface area contributed by atoms with E-state index in [1.807, 2.05) is 0 Å². The van der Waals surface area contributed by atoms with Crippen LogP contribution in [0.4, 0.5) is 0 Å². The molecule has 0 aromatic carbocycles. The summed E-state index contributed by atoms with van der Waals surface area (Å²) < 4.78 is 1.22. The van der Waals surface area contributed by atoms with Crippen molar-refractivity contribution in [2.24, 2.45) is 0 Å². The van der Waals surface area contributed by atoms with Crippen LogP contribution in [0, 0.1) is 0 Å². The van der Waals surface area contributed by atoms with Crippen LogP contribution < -0.4 is 0 Å². The second kappa shape index (κ2) is 18.0. The quantitative estimate of drug-likeness (QED) is 0.146. The molecule has 0 rings (SSSR count). The minimum atomic E-state index is 0.800. The molecule has 0 aliphatic carbocycles. The Kier molecular flexibility index (Phi) is 18.0. The third kappa shape index (κ3) is 14.6. The lowest BCUT2D eigenvalue weighted by Crippen LogP contribution is -2.53. The fourth-order valence-corrected chi connectivity index (χ4v) is 4.25. The van der Waals surface area contributed by atoms with Crippen molar-refractivity contribution in [1.82, 2.24) is 0 Å². The van der Waals surface area contributed by atoms with Gasteiger partial charge in [0.25, 0.3) is 0 Å². The van der Waals surface area contributed by atoms with Crippen LogP contribution in [0.1, 0.15) is 143 Å². The van der Waals surface area contributed by atoms with Gasteiger partial charge < -0.3 is 4.48 Å². The molecular formula is C26H56N+. The van der Waals surface area contributed by atoms with Gasteiger partial charge in [-0.05, 0) is 39.5 Å². The average molecular weight is 383 g/mol. The highest BCUT2D eigenvalue weighted by molar-refractivity contribution is 4.60. The van der Waals surface area contributed by atoms with Gasteiger partial charge >= 0.3 is 0 Å². The highest BCUT2D eigenvalue weighted by Crippen LogP contribution is 2.23. The Morgan fingerprint density at radius 2 is 0.704 bits per heavy atom. The Bertz CT molecular complexity index is 269. The molecule has 0 bridgehead atoms. The monoisotopic (exact) mass is 382 g/mol. The maximum absolute atomic E-state index is 2.49. The Labute approximate surface area is 174 Å². The van der Waals surface area contributed by atoms with E-state index in [1.54, 1.807) is 0 Å². The topological polar surface area (TPSA) is 0 Å². The van der Waals surface area contributed by atoms with Crippen LogP contribution >= 0.6 is 0 Å². The van der Waals surface area contributed by atoms with Gasteiger partial charge in [-0.15, -0.1) is 0 Å². The molecular weight excluding hydrogens is 326 g/mol. The number of rotatable bonds is 20. The van der Waals surface area contributed by atoms with Crippen LogP contribution in [0.25, 0.3) is 0 Å². The van der Waals surface area contributed by atoms with Crippen molar-refractivity contribution in [2.45, 2.75) is 155 Å². The normalized spacial score (nSPS) is 14.4. The van der Waals surface area contributed by atoms with Crippen molar-refractivity contribution < 1.29 is 4.48 Å². The Balaban J connectivity index is 3.74. The highest BCUT2D eigenvalue weighted by atomic mass is 15.3. The molecule has 0 radical (unpaired) electrons. The molecule has 0 aliphatic heterocycles. The largest absolute Gasteiger partial charge is 0.324 e. The predicted molar refractivity (Wildman–Crippen MR) is 125 cm³/mol. The minimum Gasteiger partial charge on any atom is -0.324 e. The third-order valence-corrected chi connectivity index (χ3v) is 7.22. The SMILES string of the molecule is CCCCCCCCCCC(C)[N+](C)(C)C(C)CCCCCCCCCC. The molecule has 0 N–H and O–H groups in total. The summed E-state index contributed by atoms with van der Waals surface area (Å²) in [4.78, 5) is 0. The summed E-state index contributed by atoms with van der Waals surface area (Å²) in [5, 5.41) is 0. The first-order valence-electron chi connectivity index (χ1n) is 12.8. The predicted octanol–water partition coefficient (Wildman–Crippen LogP) is 8.90. The van der Waals surface area contributed by atoms with Gasteiger partial charge in [-0.1, -0.05) is 104 Å². The first kappa shape index (κ1) is 27.0. The molecule has 0 aliphatic rings. The molecule has 0 saturated carbocycles. The zero-order valence-electron chi connectivity index (χ0n) is 20.3. The first-order valence-corrected chi connectivity index (χ1v) is 12.8. The molecule has 2 atom stereocenters. The second-order valence-corrected chi connectivity index (χ2v) is 9.85. The molecule has 27 heavy (non-hydrogen) atoms. The van der Waals surface area contributed by atoms with Gasteiger partial charge in [0.05, 0.1) is 26.2 Å². The second-order valence-electron chi connectivity index (χ2n) is 9.85. The van der Waals surface area contributed by atoms with E-state index < -0.39 is 0 Å². The molecule has 0 aromatic heterocycles. The van der Waals surface area contributed by atoms with Crippen LogP contribution in [0.2, 0.25) is 0 Å². The summed E-state index contributed by atoms with van der Waals surface area (Å²) in [5.74, 6) is 0. The first-order chi connectivity index (χ1) is 13.0. The zero-order chi connectivity index (χ0) is 20.4. The van der Waals surface area contributed by atoms with Gasteiger partial charge in [-0.3, -0.25) is 0 Å². The lowest BCUT2D eigenvalue weighted by molar-refractivity contribution is -0.935. The van der Waals surface area contributed by atoms with E-state index in [4.69, 9.17) is 0 Å². The standard InChI is InChI=1S/C26H56N/c1-7-9-11-13-15-17-19-21-23-25(3)27(5,6)26(4)24-22-20-18-16-14-12-10-8-2/h25-26H,7-24H2,1-6H3/q+1. The lowest BCUT2D eigenvalue weighted by atomic mass is 9.99. The van der Waals surface area contributed by atoms with Crippen molar-refractivity contribution in [2.75, 3.05) is 14.1 Å². The molecule has 0 spiro atoms. The van der Waals surface area contributed by atoms with E-state index in [2.05, 4.69) is 41.8 Å². The highest BCUT2D eigenvalue weighted by Gasteiger charge is 2.29. The van der Waals surface area contributed by atoms with Crippen LogP contribution in [-0.2, 0) is 0 Å². The van der Waals surface area contributed by atoms with E-state index in [-0.39, 0.29) is 0 Å². The molecule has 164 valence electrons. The summed E-state index contributed by atoms with van der Waals surface area (Å²) in [6.45, 7) is 9.59. The van der Waals surface area contributed by atoms with Crippen molar-refractivity contribution in [3.63, 3.8) is 0 Å². The number of hydrogen-bond donors (Lipinski definition) is 0. The van der Waals surface area contributed by atoms with Crippen molar-refractivity contribution in [1.29, 1.82) is 0 Å². The fourth-order valence-electron chi connectivity index (χ4n) is 4.25. The summed E-state index contributed by atoms with van der Waals surface area (Å²) in [7, 11) is 4.95. The van der Waals surface area contributed by atoms with E-state index in [1.165, 1.54) is 120 Å². The summed E-state index contributed by atoms with van der Waals surface area (Å²) in [5.41, 5.74) is 0. The number of nitrogens with zero attached hydrogens (tertiary/aromatic N) is 1. The number of unbranched alkanes of at least 4 members (excludes halogenated alkanes) is 14. The summed E-state index contributed by atoms with van der Waals surface area (Å²) in [6.07, 6.45) is 25.8. The van der Waals surface area contributed by atoms with E-state index in [0.29, 0.717) is 0 Å². The van der Waals surface area contributed by atoms with Gasteiger partial charge in [0.2, 0.25) is 0 Å². The molecule has 0 heterocycles. The fraction of sp³-hybridized carbons (Fsp3) is 1.00. The van der Waals surface area contributed by atoms with Gasteiger partial charge in [0, 0.05) is 0 Å². The Morgan fingerprint density at radius 3 is 1.00 bits per heavy atom. The summed E-state index contributed by atoms with van der Waals surface area (Å²) >= 11 is 0. The lowest BCUT2D eigenvalue weighted by Gasteiger charge is -2.42. The number of hydrogen-bond acceptors (Lipinski definition) is 0. The van der Waals surface area contributed by atoms with Crippen molar-refractivity contribution >= 4 is 0 Å². The maximum Gasteiger partial charge on any atom is 0.0859 e. The Hall–Kier alpha value is -0.0400. The van der Waals surface area contributed by atoms with E-state index in [0.717, 1.165) is 12.1 Å². The zero-order valence-corrected chi connectivity index (χ0v) is 20.3. The molecule has 0 aromatic rings. The van der Waals surface area contributed by atoms with E-state index in [9.17, 15) is 0 Å². The van der Waals surface area contributed by atoms with Gasteiger partial charge in [0.15, 0.2) is 0 Å². The van der Waals surface area contributed by atoms with Gasteiger partial charge in [0.1, 0.15) is 0 Å². The van der Waals surface area contributed by atoms with Crippen LogP contribution in [0.3, 0.4) is 0 Å². The molecule has 1 nitrogen and oxygen atoms in total. The summed E-state index contributed by atoms with van der Waals surface area (Å²) in [6, 6.07) is 1.60. The molecule has 1 heteroatoms. The molecule has 0 fully saturated rings. The third-order valence-electron chi connectivity index (χ3n) is 7.22. The van der Waals surface area contributed by atoms with Crippen LogP contribution in [0.5, 0.6) is 0 Å². The van der Waals surface area contributed by atoms with Crippen LogP contribution in [0.15, 0.2) is 0 Å². The van der Waals surface area contributed by atoms with Crippen molar-refractivity contribution in [3.8, 4) is 0 Å². The number of quaternary nitrogens is 1. The Morgan fingerprint density at radius 1 is 0.444 bits per heavy atom. The van der Waals surface area contributed by atoms with Gasteiger partial charge in [-0.25, -0.2) is 0 Å². The average Bonchev–Trinajstić information content (AvgIpc) is 2.65. The van der Waals surface area contributed by atoms with E-state index >= 15 is 0 Å². The molecule has 2 unspecified atom stereocenters. The molecule has 0 saturated heterocycles. The minimum absolute atomic E-state index is 0.800. The van der Waals surface area contributed by atoms with Crippen molar-refractivity contribution in [3.05, 3.63) is 0 Å².